The van der Waals surface area contributed by atoms with E-state index in [0.717, 1.165) is 36.6 Å². The van der Waals surface area contributed by atoms with Gasteiger partial charge in [-0.05, 0) is 24.6 Å². The molecule has 126 valence electrons. The number of aromatic amines is 1. The molecule has 1 fully saturated rings. The molecule has 3 aromatic rings. The first-order chi connectivity index (χ1) is 12.3. The first-order valence-corrected chi connectivity index (χ1v) is 8.37. The Bertz CT molecular complexity index is 847. The Morgan fingerprint density at radius 3 is 2.80 bits per heavy atom. The van der Waals surface area contributed by atoms with E-state index >= 15 is 0 Å². The van der Waals surface area contributed by atoms with Gasteiger partial charge in [0.15, 0.2) is 0 Å². The summed E-state index contributed by atoms with van der Waals surface area (Å²) >= 11 is 0. The number of anilines is 1. The van der Waals surface area contributed by atoms with Crippen LogP contribution in [-0.2, 0) is 0 Å². The number of hydrogen-bond acceptors (Lipinski definition) is 4. The highest BCUT2D eigenvalue weighted by atomic mass is 16.2. The third-order valence-corrected chi connectivity index (χ3v) is 4.39. The van der Waals surface area contributed by atoms with Crippen LogP contribution < -0.4 is 10.2 Å². The fourth-order valence-electron chi connectivity index (χ4n) is 3.08. The molecular weight excluding hydrogens is 314 g/mol. The quantitative estimate of drug-likeness (QED) is 0.769. The summed E-state index contributed by atoms with van der Waals surface area (Å²) in [5.74, 6) is 0.828. The van der Waals surface area contributed by atoms with Crippen molar-refractivity contribution in [3.05, 3.63) is 66.5 Å². The van der Waals surface area contributed by atoms with E-state index in [-0.39, 0.29) is 11.9 Å². The van der Waals surface area contributed by atoms with Crippen LogP contribution in [0.2, 0.25) is 0 Å². The Morgan fingerprint density at radius 2 is 2.00 bits per heavy atom. The van der Waals surface area contributed by atoms with Crippen molar-refractivity contribution in [2.45, 2.75) is 12.5 Å². The zero-order valence-electron chi connectivity index (χ0n) is 13.7. The van der Waals surface area contributed by atoms with Gasteiger partial charge >= 0.3 is 0 Å². The van der Waals surface area contributed by atoms with Crippen LogP contribution in [0.3, 0.4) is 0 Å². The smallest absolute Gasteiger partial charge is 0.269 e. The summed E-state index contributed by atoms with van der Waals surface area (Å²) in [6.45, 7) is 1.66. The molecule has 6 nitrogen and oxygen atoms in total. The number of benzene rings is 1. The summed E-state index contributed by atoms with van der Waals surface area (Å²) in [4.78, 5) is 19.0. The second-order valence-electron chi connectivity index (χ2n) is 6.13. The Labute approximate surface area is 145 Å². The number of aromatic nitrogens is 3. The highest BCUT2D eigenvalue weighted by molar-refractivity contribution is 5.93. The highest BCUT2D eigenvalue weighted by Crippen LogP contribution is 2.19. The first kappa shape index (κ1) is 15.4. The normalized spacial score (nSPS) is 16.8. The topological polar surface area (TPSA) is 73.9 Å². The Balaban J connectivity index is 1.39. The van der Waals surface area contributed by atoms with Crippen molar-refractivity contribution in [2.75, 3.05) is 18.0 Å². The van der Waals surface area contributed by atoms with Crippen molar-refractivity contribution in [1.29, 1.82) is 0 Å². The number of H-pyrrole nitrogens is 1. The minimum atomic E-state index is -0.123. The minimum absolute atomic E-state index is 0.109. The predicted molar refractivity (Wildman–Crippen MR) is 96.3 cm³/mol. The average molecular weight is 333 g/mol. The van der Waals surface area contributed by atoms with Crippen molar-refractivity contribution in [3.63, 3.8) is 0 Å². The average Bonchev–Trinajstić information content (AvgIpc) is 3.33. The number of pyridine rings is 1. The van der Waals surface area contributed by atoms with Crippen LogP contribution in [0.25, 0.3) is 11.3 Å². The molecule has 1 aliphatic rings. The van der Waals surface area contributed by atoms with Crippen LogP contribution in [0.4, 0.5) is 5.82 Å². The van der Waals surface area contributed by atoms with E-state index in [1.54, 1.807) is 12.3 Å². The molecule has 0 aliphatic carbocycles. The molecule has 2 aromatic heterocycles. The lowest BCUT2D eigenvalue weighted by Gasteiger charge is -2.17. The predicted octanol–water partition coefficient (Wildman–Crippen LogP) is 2.48. The number of carbonyl (C=O) groups excluding carboxylic acids is 1. The number of nitrogens with zero attached hydrogens (tertiary/aromatic N) is 3. The highest BCUT2D eigenvalue weighted by Gasteiger charge is 2.25. The van der Waals surface area contributed by atoms with E-state index in [9.17, 15) is 4.79 Å². The molecule has 1 aromatic carbocycles. The maximum absolute atomic E-state index is 12.5. The van der Waals surface area contributed by atoms with Crippen molar-refractivity contribution in [2.24, 2.45) is 0 Å². The molecule has 2 N–H and O–H groups in total. The molecule has 1 amide bonds. The molecule has 25 heavy (non-hydrogen) atoms. The fourth-order valence-corrected chi connectivity index (χ4v) is 3.08. The molecule has 3 heterocycles. The molecule has 1 atom stereocenters. The van der Waals surface area contributed by atoms with Crippen LogP contribution in [0, 0.1) is 0 Å². The SMILES string of the molecule is O=C(N[C@@H]1CCN(c2ccccn2)C1)c1cc(-c2ccccc2)n[nH]1. The fraction of sp³-hybridized carbons (Fsp3) is 0.211. The van der Waals surface area contributed by atoms with Gasteiger partial charge in [0.2, 0.25) is 0 Å². The number of nitrogens with one attached hydrogen (secondary N) is 2. The van der Waals surface area contributed by atoms with Crippen molar-refractivity contribution in [3.8, 4) is 11.3 Å². The summed E-state index contributed by atoms with van der Waals surface area (Å²) in [6.07, 6.45) is 2.69. The zero-order chi connectivity index (χ0) is 17.1. The monoisotopic (exact) mass is 333 g/mol. The lowest BCUT2D eigenvalue weighted by atomic mass is 10.1. The number of carbonyl (C=O) groups is 1. The van der Waals surface area contributed by atoms with Gasteiger partial charge in [-0.25, -0.2) is 4.98 Å². The summed E-state index contributed by atoms with van der Waals surface area (Å²) in [5, 5.41) is 10.2. The standard InChI is InChI=1S/C19H19N5O/c25-19(17-12-16(22-23-17)14-6-2-1-3-7-14)21-15-9-11-24(13-15)18-8-4-5-10-20-18/h1-8,10,12,15H,9,11,13H2,(H,21,25)(H,22,23)/t15-/m1/s1. The van der Waals surface area contributed by atoms with Gasteiger partial charge in [-0.3, -0.25) is 9.89 Å². The van der Waals surface area contributed by atoms with Crippen molar-refractivity contribution < 1.29 is 4.79 Å². The van der Waals surface area contributed by atoms with Crippen LogP contribution in [0.5, 0.6) is 0 Å². The van der Waals surface area contributed by atoms with Gasteiger partial charge in [0.25, 0.3) is 5.91 Å². The van der Waals surface area contributed by atoms with Crippen molar-refractivity contribution in [1.82, 2.24) is 20.5 Å². The van der Waals surface area contributed by atoms with E-state index in [1.807, 2.05) is 48.5 Å². The van der Waals surface area contributed by atoms with Gasteiger partial charge in [0, 0.05) is 30.9 Å². The van der Waals surface area contributed by atoms with Gasteiger partial charge in [0.05, 0.1) is 5.69 Å². The third-order valence-electron chi connectivity index (χ3n) is 4.39. The molecule has 1 saturated heterocycles. The molecule has 0 unspecified atom stereocenters. The second-order valence-corrected chi connectivity index (χ2v) is 6.13. The van der Waals surface area contributed by atoms with Crippen LogP contribution in [0.1, 0.15) is 16.9 Å². The van der Waals surface area contributed by atoms with Gasteiger partial charge < -0.3 is 10.2 Å². The molecule has 6 heteroatoms. The molecule has 0 radical (unpaired) electrons. The van der Waals surface area contributed by atoms with Gasteiger partial charge in [-0.15, -0.1) is 0 Å². The summed E-state index contributed by atoms with van der Waals surface area (Å²) in [6, 6.07) is 17.6. The van der Waals surface area contributed by atoms with E-state index in [4.69, 9.17) is 0 Å². The van der Waals surface area contributed by atoms with E-state index < -0.39 is 0 Å². The molecular formula is C19H19N5O. The van der Waals surface area contributed by atoms with Crippen molar-refractivity contribution >= 4 is 11.7 Å². The largest absolute Gasteiger partial charge is 0.354 e. The molecule has 0 saturated carbocycles. The second kappa shape index (κ2) is 6.76. The van der Waals surface area contributed by atoms with Crippen LogP contribution in [-0.4, -0.2) is 40.2 Å². The molecule has 1 aliphatic heterocycles. The van der Waals surface area contributed by atoms with E-state index in [1.165, 1.54) is 0 Å². The number of amides is 1. The maximum atomic E-state index is 12.5. The van der Waals surface area contributed by atoms with Crippen LogP contribution in [0.15, 0.2) is 60.8 Å². The maximum Gasteiger partial charge on any atom is 0.269 e. The minimum Gasteiger partial charge on any atom is -0.354 e. The third kappa shape index (κ3) is 3.38. The van der Waals surface area contributed by atoms with Gasteiger partial charge in [-0.1, -0.05) is 36.4 Å². The summed E-state index contributed by atoms with van der Waals surface area (Å²) in [7, 11) is 0. The van der Waals surface area contributed by atoms with Gasteiger partial charge in [-0.2, -0.15) is 5.10 Å². The lowest BCUT2D eigenvalue weighted by molar-refractivity contribution is 0.0935. The summed E-state index contributed by atoms with van der Waals surface area (Å²) < 4.78 is 0. The summed E-state index contributed by atoms with van der Waals surface area (Å²) in [5.41, 5.74) is 2.24. The van der Waals surface area contributed by atoms with Gasteiger partial charge in [0.1, 0.15) is 11.5 Å². The Hall–Kier alpha value is -3.15. The number of rotatable bonds is 4. The van der Waals surface area contributed by atoms with E-state index in [2.05, 4.69) is 25.4 Å². The molecule has 0 spiro atoms. The van der Waals surface area contributed by atoms with Crippen LogP contribution >= 0.6 is 0 Å². The molecule has 4 rings (SSSR count). The van der Waals surface area contributed by atoms with E-state index in [0.29, 0.717) is 5.69 Å². The Morgan fingerprint density at radius 1 is 1.16 bits per heavy atom. The molecule has 0 bridgehead atoms. The zero-order valence-corrected chi connectivity index (χ0v) is 13.7. The number of hydrogen-bond donors (Lipinski definition) is 2. The lowest BCUT2D eigenvalue weighted by Crippen LogP contribution is -2.37. The Kier molecular flexibility index (Phi) is 4.16. The first-order valence-electron chi connectivity index (χ1n) is 8.37.